The second kappa shape index (κ2) is 9.52. The van der Waals surface area contributed by atoms with Crippen molar-refractivity contribution in [3.05, 3.63) is 120 Å². The molecule has 0 saturated heterocycles. The average molecular weight is 471 g/mol. The summed E-state index contributed by atoms with van der Waals surface area (Å²) in [5, 5.41) is 0.136. The zero-order valence-corrected chi connectivity index (χ0v) is 19.7. The molecular formula is C27H26N4O4. The van der Waals surface area contributed by atoms with Crippen molar-refractivity contribution in [1.82, 2.24) is 15.0 Å². The van der Waals surface area contributed by atoms with E-state index < -0.39 is 11.1 Å². The molecule has 4 N–H and O–H groups in total. The first kappa shape index (κ1) is 23.8. The van der Waals surface area contributed by atoms with Crippen molar-refractivity contribution in [3.63, 3.8) is 0 Å². The van der Waals surface area contributed by atoms with E-state index in [1.54, 1.807) is 36.4 Å². The molecule has 0 fully saturated rings. The zero-order valence-electron chi connectivity index (χ0n) is 19.7. The van der Waals surface area contributed by atoms with Gasteiger partial charge in [0.2, 0.25) is 0 Å². The summed E-state index contributed by atoms with van der Waals surface area (Å²) >= 11 is 0. The Bertz CT molecular complexity index is 1620. The summed E-state index contributed by atoms with van der Waals surface area (Å²) < 4.78 is 5.46. The minimum absolute atomic E-state index is 0.0661. The Morgan fingerprint density at radius 1 is 0.971 bits per heavy atom. The van der Waals surface area contributed by atoms with Gasteiger partial charge in [0, 0.05) is 23.1 Å². The van der Waals surface area contributed by atoms with Crippen LogP contribution in [0.1, 0.15) is 59.3 Å². The number of ketones is 1. The Morgan fingerprint density at radius 2 is 1.63 bits per heavy atom. The highest BCUT2D eigenvalue weighted by Crippen LogP contribution is 2.25. The first-order valence-electron chi connectivity index (χ1n) is 11.1. The van der Waals surface area contributed by atoms with E-state index in [0.29, 0.717) is 34.7 Å². The number of oxazole rings is 1. The van der Waals surface area contributed by atoms with Gasteiger partial charge in [0.25, 0.3) is 11.1 Å². The van der Waals surface area contributed by atoms with E-state index in [0.717, 1.165) is 5.56 Å². The summed E-state index contributed by atoms with van der Waals surface area (Å²) in [6.07, 6.45) is 4.32. The zero-order chi connectivity index (χ0) is 25.2. The second-order valence-corrected chi connectivity index (χ2v) is 9.20. The lowest BCUT2D eigenvalue weighted by atomic mass is 9.92. The number of H-pyrrole nitrogens is 2. The number of carbonyl (C=O) groups is 1. The molecule has 2 aromatic heterocycles. The number of carbonyl (C=O) groups excluding carboxylic acids is 1. The van der Waals surface area contributed by atoms with Gasteiger partial charge in [-0.1, -0.05) is 63.2 Å². The van der Waals surface area contributed by atoms with Crippen LogP contribution >= 0.6 is 0 Å². The third-order valence-electron chi connectivity index (χ3n) is 5.45. The van der Waals surface area contributed by atoms with Gasteiger partial charge in [-0.05, 0) is 29.3 Å². The Morgan fingerprint density at radius 3 is 2.26 bits per heavy atom. The number of hydrogen-bond donors (Lipinski definition) is 3. The van der Waals surface area contributed by atoms with Gasteiger partial charge in [0.05, 0.1) is 0 Å². The molecule has 2 heterocycles. The Kier molecular flexibility index (Phi) is 6.48. The van der Waals surface area contributed by atoms with Gasteiger partial charge in [-0.15, -0.1) is 0 Å². The number of aromatic nitrogens is 3. The summed E-state index contributed by atoms with van der Waals surface area (Å²) in [6, 6.07) is 13.9. The molecule has 0 atom stereocenters. The molecule has 0 aliphatic rings. The molecule has 0 unspecified atom stereocenters. The van der Waals surface area contributed by atoms with Crippen LogP contribution in [0.25, 0.3) is 12.2 Å². The van der Waals surface area contributed by atoms with Crippen LogP contribution in [0.2, 0.25) is 0 Å². The van der Waals surface area contributed by atoms with E-state index in [1.165, 1.54) is 18.5 Å². The van der Waals surface area contributed by atoms with Crippen molar-refractivity contribution in [2.45, 2.75) is 32.7 Å². The molecule has 35 heavy (non-hydrogen) atoms. The first-order chi connectivity index (χ1) is 16.7. The highest BCUT2D eigenvalue weighted by atomic mass is 16.3. The van der Waals surface area contributed by atoms with Crippen molar-refractivity contribution < 1.29 is 9.21 Å². The van der Waals surface area contributed by atoms with Gasteiger partial charge >= 0.3 is 0 Å². The van der Waals surface area contributed by atoms with Crippen molar-refractivity contribution in [2.75, 3.05) is 0 Å². The first-order valence-corrected chi connectivity index (χ1v) is 11.1. The number of nitrogens with one attached hydrogen (secondary N) is 2. The molecule has 178 valence electrons. The fourth-order valence-corrected chi connectivity index (χ4v) is 3.65. The lowest BCUT2D eigenvalue weighted by Gasteiger charge is -2.14. The van der Waals surface area contributed by atoms with Crippen LogP contribution in [-0.4, -0.2) is 20.7 Å². The van der Waals surface area contributed by atoms with Gasteiger partial charge in [-0.3, -0.25) is 14.4 Å². The van der Waals surface area contributed by atoms with Crippen molar-refractivity contribution in [1.29, 1.82) is 0 Å². The van der Waals surface area contributed by atoms with Gasteiger partial charge in [-0.2, -0.15) is 0 Å². The van der Waals surface area contributed by atoms with Crippen LogP contribution in [0.3, 0.4) is 0 Å². The highest BCUT2D eigenvalue weighted by Gasteiger charge is 2.22. The number of benzene rings is 2. The van der Waals surface area contributed by atoms with Gasteiger partial charge in [0.15, 0.2) is 12.2 Å². The van der Waals surface area contributed by atoms with Crippen molar-refractivity contribution >= 4 is 17.9 Å². The third-order valence-corrected chi connectivity index (χ3v) is 5.45. The van der Waals surface area contributed by atoms with E-state index in [9.17, 15) is 14.4 Å². The molecule has 8 heteroatoms. The number of nitrogens with two attached hydrogens (primary N) is 1. The number of rotatable bonds is 5. The monoisotopic (exact) mass is 470 g/mol. The SMILES string of the molecule is CC(C)(C)c1ocnc1/C=c1\[nH]c(=O)/c(=C/c2cccc(C(=O)c3ccc(CN)cc3)c2)[nH]c1=O. The largest absolute Gasteiger partial charge is 0.447 e. The van der Waals surface area contributed by atoms with E-state index in [1.807, 2.05) is 32.9 Å². The fraction of sp³-hybridized carbons (Fsp3) is 0.185. The third kappa shape index (κ3) is 5.28. The van der Waals surface area contributed by atoms with E-state index in [2.05, 4.69) is 15.0 Å². The molecule has 0 spiro atoms. The molecule has 0 amide bonds. The summed E-state index contributed by atoms with van der Waals surface area (Å²) in [5.41, 5.74) is 7.34. The maximum absolute atomic E-state index is 12.9. The van der Waals surface area contributed by atoms with Crippen LogP contribution in [0.5, 0.6) is 0 Å². The molecule has 0 aliphatic heterocycles. The van der Waals surface area contributed by atoms with Crippen LogP contribution < -0.4 is 27.6 Å². The summed E-state index contributed by atoms with van der Waals surface area (Å²) in [6.45, 7) is 6.29. The van der Waals surface area contributed by atoms with Crippen LogP contribution in [0, 0.1) is 0 Å². The number of nitrogens with zero attached hydrogens (tertiary/aromatic N) is 1. The fourth-order valence-electron chi connectivity index (χ4n) is 3.65. The quantitative estimate of drug-likeness (QED) is 0.380. The standard InChI is InChI=1S/C27H26N4O4/c1-27(2,3)24-20(29-15-35-24)13-22-26(34)30-21(25(33)31-22)12-17-5-4-6-19(11-17)23(32)18-9-7-16(14-28)8-10-18/h4-13,15H,14,28H2,1-3H3,(H,30,34)(H,31,33)/b21-12-,22-13-. The molecule has 2 aromatic carbocycles. The Balaban J connectivity index is 1.70. The van der Waals surface area contributed by atoms with Gasteiger partial charge < -0.3 is 20.1 Å². The maximum atomic E-state index is 12.9. The average Bonchev–Trinajstić information content (AvgIpc) is 3.31. The molecular weight excluding hydrogens is 444 g/mol. The van der Waals surface area contributed by atoms with Gasteiger partial charge in [0.1, 0.15) is 22.2 Å². The number of aromatic amines is 2. The van der Waals surface area contributed by atoms with E-state index in [4.69, 9.17) is 10.2 Å². The summed E-state index contributed by atoms with van der Waals surface area (Å²) in [5.74, 6) is 0.450. The molecule has 4 aromatic rings. The molecule has 8 nitrogen and oxygen atoms in total. The van der Waals surface area contributed by atoms with Crippen molar-refractivity contribution in [3.8, 4) is 0 Å². The highest BCUT2D eigenvalue weighted by molar-refractivity contribution is 6.09. The smallest absolute Gasteiger partial charge is 0.272 e. The van der Waals surface area contributed by atoms with Gasteiger partial charge in [-0.25, -0.2) is 4.98 Å². The molecule has 0 radical (unpaired) electrons. The Labute approximate surface area is 200 Å². The summed E-state index contributed by atoms with van der Waals surface area (Å²) in [4.78, 5) is 47.7. The van der Waals surface area contributed by atoms with E-state index in [-0.39, 0.29) is 21.9 Å². The lowest BCUT2D eigenvalue weighted by Crippen LogP contribution is -2.46. The number of hydrogen-bond acceptors (Lipinski definition) is 6. The summed E-state index contributed by atoms with van der Waals surface area (Å²) in [7, 11) is 0. The lowest BCUT2D eigenvalue weighted by molar-refractivity contribution is 0.103. The Hall–Kier alpha value is -4.30. The molecule has 4 rings (SSSR count). The van der Waals surface area contributed by atoms with Crippen LogP contribution in [0.15, 0.2) is 68.9 Å². The van der Waals surface area contributed by atoms with Crippen LogP contribution in [0.4, 0.5) is 0 Å². The topological polar surface area (TPSA) is 135 Å². The minimum Gasteiger partial charge on any atom is -0.447 e. The molecule has 0 saturated carbocycles. The second-order valence-electron chi connectivity index (χ2n) is 9.20. The predicted octanol–water partition coefficient (Wildman–Crippen LogP) is 1.70. The van der Waals surface area contributed by atoms with Crippen LogP contribution in [-0.2, 0) is 12.0 Å². The van der Waals surface area contributed by atoms with Crippen molar-refractivity contribution in [2.24, 2.45) is 5.73 Å². The molecule has 0 bridgehead atoms. The maximum Gasteiger partial charge on any atom is 0.272 e. The minimum atomic E-state index is -0.481. The normalized spacial score (nSPS) is 12.8. The van der Waals surface area contributed by atoms with E-state index >= 15 is 0 Å². The predicted molar refractivity (Wildman–Crippen MR) is 133 cm³/mol. The molecule has 0 aliphatic carbocycles.